The van der Waals surface area contributed by atoms with E-state index in [0.29, 0.717) is 16.4 Å². The second-order valence-electron chi connectivity index (χ2n) is 7.31. The maximum absolute atomic E-state index is 12.3. The Morgan fingerprint density at radius 2 is 1.96 bits per heavy atom. The molecular formula is C20H29N3O2S. The van der Waals surface area contributed by atoms with Gasteiger partial charge in [-0.1, -0.05) is 7.43 Å². The van der Waals surface area contributed by atoms with Gasteiger partial charge < -0.3 is 15.4 Å². The van der Waals surface area contributed by atoms with Crippen LogP contribution in [-0.4, -0.2) is 33.0 Å². The molecule has 0 unspecified atom stereocenters. The van der Waals surface area contributed by atoms with Crippen molar-refractivity contribution in [3.63, 3.8) is 0 Å². The standard InChI is InChI=1S/C19H25N3O2S.CH4/c23-14-4-6-15(7-5-14)25-11-18-21-17-9-13(20-10-12-1-2-12)3-8-16(17)19(24)22-18;/h3,8-9,12,14-15,20,23H,1-2,4-7,10-11H2,(H,21,22,24);1H4. The van der Waals surface area contributed by atoms with Crippen LogP contribution >= 0.6 is 11.8 Å². The number of rotatable bonds is 6. The highest BCUT2D eigenvalue weighted by Crippen LogP contribution is 2.31. The number of benzene rings is 1. The van der Waals surface area contributed by atoms with E-state index in [1.54, 1.807) is 0 Å². The van der Waals surface area contributed by atoms with Crippen LogP contribution in [0.25, 0.3) is 10.9 Å². The molecule has 0 amide bonds. The van der Waals surface area contributed by atoms with Crippen molar-refractivity contribution in [2.75, 3.05) is 11.9 Å². The first-order valence-electron chi connectivity index (χ1n) is 9.24. The Morgan fingerprint density at radius 1 is 1.19 bits per heavy atom. The van der Waals surface area contributed by atoms with E-state index in [1.807, 2.05) is 30.0 Å². The molecule has 2 aliphatic rings. The van der Waals surface area contributed by atoms with E-state index in [9.17, 15) is 9.90 Å². The Bertz CT molecular complexity index is 795. The highest BCUT2D eigenvalue weighted by molar-refractivity contribution is 7.99. The fraction of sp³-hybridized carbons (Fsp3) is 0.600. The molecule has 142 valence electrons. The largest absolute Gasteiger partial charge is 0.393 e. The molecule has 2 saturated carbocycles. The molecule has 0 radical (unpaired) electrons. The van der Waals surface area contributed by atoms with Crippen molar-refractivity contribution in [2.24, 2.45) is 5.92 Å². The van der Waals surface area contributed by atoms with Crippen molar-refractivity contribution >= 4 is 28.4 Å². The van der Waals surface area contributed by atoms with Gasteiger partial charge in [-0.15, -0.1) is 0 Å². The fourth-order valence-corrected chi connectivity index (χ4v) is 4.49. The van der Waals surface area contributed by atoms with Crippen molar-refractivity contribution in [2.45, 2.75) is 63.1 Å². The minimum atomic E-state index is -0.128. The Hall–Kier alpha value is -1.53. The van der Waals surface area contributed by atoms with E-state index in [1.165, 1.54) is 12.8 Å². The number of aromatic nitrogens is 2. The number of hydrogen-bond donors (Lipinski definition) is 3. The van der Waals surface area contributed by atoms with Crippen LogP contribution in [0.1, 0.15) is 51.8 Å². The number of H-pyrrole nitrogens is 1. The van der Waals surface area contributed by atoms with Crippen molar-refractivity contribution in [3.05, 3.63) is 34.4 Å². The molecule has 26 heavy (non-hydrogen) atoms. The fourth-order valence-electron chi connectivity index (χ4n) is 3.36. The predicted molar refractivity (Wildman–Crippen MR) is 110 cm³/mol. The van der Waals surface area contributed by atoms with Crippen LogP contribution in [0.4, 0.5) is 5.69 Å². The average molecular weight is 376 g/mol. The molecular weight excluding hydrogens is 346 g/mol. The van der Waals surface area contributed by atoms with E-state index in [-0.39, 0.29) is 19.1 Å². The van der Waals surface area contributed by atoms with Gasteiger partial charge in [0.2, 0.25) is 0 Å². The average Bonchev–Trinajstić information content (AvgIpc) is 3.44. The zero-order valence-corrected chi connectivity index (χ0v) is 15.1. The number of aliphatic hydroxyl groups is 1. The third-order valence-corrected chi connectivity index (χ3v) is 6.53. The molecule has 2 fully saturated rings. The highest BCUT2D eigenvalue weighted by Gasteiger charge is 2.21. The van der Waals surface area contributed by atoms with E-state index in [2.05, 4.69) is 15.3 Å². The summed E-state index contributed by atoms with van der Waals surface area (Å²) in [7, 11) is 0. The lowest BCUT2D eigenvalue weighted by Gasteiger charge is -2.24. The van der Waals surface area contributed by atoms with Gasteiger partial charge in [0.1, 0.15) is 5.82 Å². The Balaban J connectivity index is 0.00000196. The number of nitrogens with one attached hydrogen (secondary N) is 2. The lowest BCUT2D eigenvalue weighted by molar-refractivity contribution is 0.132. The zero-order chi connectivity index (χ0) is 17.2. The second-order valence-corrected chi connectivity index (χ2v) is 8.60. The molecule has 1 aromatic carbocycles. The Morgan fingerprint density at radius 3 is 2.69 bits per heavy atom. The van der Waals surface area contributed by atoms with Crippen LogP contribution < -0.4 is 10.9 Å². The lowest BCUT2D eigenvalue weighted by Crippen LogP contribution is -2.20. The van der Waals surface area contributed by atoms with E-state index in [0.717, 1.165) is 55.2 Å². The molecule has 2 aromatic rings. The molecule has 1 heterocycles. The number of fused-ring (bicyclic) bond motifs is 1. The third-order valence-electron chi connectivity index (χ3n) is 5.15. The molecule has 1 aromatic heterocycles. The zero-order valence-electron chi connectivity index (χ0n) is 14.3. The van der Waals surface area contributed by atoms with Crippen LogP contribution in [-0.2, 0) is 5.75 Å². The summed E-state index contributed by atoms with van der Waals surface area (Å²) in [5.41, 5.74) is 1.74. The van der Waals surface area contributed by atoms with Crippen LogP contribution in [0.2, 0.25) is 0 Å². The highest BCUT2D eigenvalue weighted by atomic mass is 32.2. The molecule has 0 aliphatic heterocycles. The number of aliphatic hydroxyl groups excluding tert-OH is 1. The van der Waals surface area contributed by atoms with Gasteiger partial charge in [-0.2, -0.15) is 11.8 Å². The molecule has 3 N–H and O–H groups in total. The first kappa shape index (κ1) is 19.2. The van der Waals surface area contributed by atoms with Gasteiger partial charge in [-0.05, 0) is 62.6 Å². The van der Waals surface area contributed by atoms with Crippen molar-refractivity contribution in [3.8, 4) is 0 Å². The first-order chi connectivity index (χ1) is 12.2. The van der Waals surface area contributed by atoms with E-state index in [4.69, 9.17) is 0 Å². The maximum Gasteiger partial charge on any atom is 0.258 e. The maximum atomic E-state index is 12.3. The van der Waals surface area contributed by atoms with Crippen molar-refractivity contribution in [1.29, 1.82) is 0 Å². The number of nitrogens with zero attached hydrogens (tertiary/aromatic N) is 1. The molecule has 0 bridgehead atoms. The monoisotopic (exact) mass is 375 g/mol. The SMILES string of the molecule is C.O=c1[nH]c(CSC2CCC(O)CC2)nc2cc(NCC3CC3)ccc12. The van der Waals surface area contributed by atoms with Gasteiger partial charge in [0.05, 0.1) is 22.8 Å². The molecule has 2 aliphatic carbocycles. The Labute approximate surface area is 159 Å². The summed E-state index contributed by atoms with van der Waals surface area (Å²) in [5, 5.41) is 14.2. The van der Waals surface area contributed by atoms with Crippen molar-refractivity contribution in [1.82, 2.24) is 9.97 Å². The molecule has 0 saturated heterocycles. The summed E-state index contributed by atoms with van der Waals surface area (Å²) >= 11 is 1.84. The summed E-state index contributed by atoms with van der Waals surface area (Å²) in [5.74, 6) is 2.27. The number of aromatic amines is 1. The number of thioether (sulfide) groups is 1. The predicted octanol–water partition coefficient (Wildman–Crippen LogP) is 3.92. The molecule has 0 atom stereocenters. The van der Waals surface area contributed by atoms with Crippen molar-refractivity contribution < 1.29 is 5.11 Å². The number of hydrogen-bond acceptors (Lipinski definition) is 5. The van der Waals surface area contributed by atoms with Gasteiger partial charge in [0.15, 0.2) is 0 Å². The van der Waals surface area contributed by atoms with Gasteiger partial charge in [0.25, 0.3) is 5.56 Å². The Kier molecular flexibility index (Phi) is 6.24. The quantitative estimate of drug-likeness (QED) is 0.713. The first-order valence-corrected chi connectivity index (χ1v) is 10.3. The van der Waals surface area contributed by atoms with E-state index >= 15 is 0 Å². The third kappa shape index (κ3) is 4.80. The van der Waals surface area contributed by atoms with Gasteiger partial charge in [-0.25, -0.2) is 4.98 Å². The van der Waals surface area contributed by atoms with E-state index < -0.39 is 0 Å². The van der Waals surface area contributed by atoms with Gasteiger partial charge >= 0.3 is 0 Å². The van der Waals surface area contributed by atoms with Gasteiger partial charge in [0, 0.05) is 17.5 Å². The molecule has 0 spiro atoms. The topological polar surface area (TPSA) is 78.0 Å². The van der Waals surface area contributed by atoms with Crippen LogP contribution in [0, 0.1) is 5.92 Å². The molecule has 5 nitrogen and oxygen atoms in total. The van der Waals surface area contributed by atoms with Gasteiger partial charge in [-0.3, -0.25) is 4.79 Å². The summed E-state index contributed by atoms with van der Waals surface area (Å²) in [6.45, 7) is 1.00. The summed E-state index contributed by atoms with van der Waals surface area (Å²) in [4.78, 5) is 19.9. The van der Waals surface area contributed by atoms with Crippen LogP contribution in [0.5, 0.6) is 0 Å². The molecule has 6 heteroatoms. The minimum Gasteiger partial charge on any atom is -0.393 e. The summed E-state index contributed by atoms with van der Waals surface area (Å²) < 4.78 is 0. The number of anilines is 1. The summed E-state index contributed by atoms with van der Waals surface area (Å²) in [6.07, 6.45) is 6.36. The van der Waals surface area contributed by atoms with Crippen LogP contribution in [0.3, 0.4) is 0 Å². The smallest absolute Gasteiger partial charge is 0.258 e. The molecule has 4 rings (SSSR count). The summed E-state index contributed by atoms with van der Waals surface area (Å²) in [6, 6.07) is 5.80. The van der Waals surface area contributed by atoms with Crippen LogP contribution in [0.15, 0.2) is 23.0 Å². The lowest BCUT2D eigenvalue weighted by atomic mass is 9.97. The normalized spacial score (nSPS) is 22.8. The minimum absolute atomic E-state index is 0. The second kappa shape index (κ2) is 8.44.